The van der Waals surface area contributed by atoms with Crippen LogP contribution in [0, 0.1) is 0 Å². The molecule has 0 fully saturated rings. The Morgan fingerprint density at radius 3 is 2.00 bits per heavy atom. The highest BCUT2D eigenvalue weighted by Crippen LogP contribution is 2.06. The van der Waals surface area contributed by atoms with E-state index in [9.17, 15) is 0 Å². The van der Waals surface area contributed by atoms with E-state index in [4.69, 9.17) is 4.74 Å². The molecule has 0 aromatic rings. The summed E-state index contributed by atoms with van der Waals surface area (Å²) in [5, 5.41) is 0. The molecule has 68 valence electrons. The average molecular weight is 174 g/mol. The smallest absolute Gasteiger partial charge is 0.0462 e. The minimum Gasteiger partial charge on any atom is -0.385 e. The summed E-state index contributed by atoms with van der Waals surface area (Å²) in [6.07, 6.45) is 8.37. The molecule has 2 heteroatoms. The molecule has 0 heterocycles. The molecule has 0 unspecified atom stereocenters. The molecule has 0 radical (unpaired) electrons. The molecule has 0 aliphatic carbocycles. The van der Waals surface area contributed by atoms with E-state index in [1.165, 1.54) is 54.8 Å². The van der Waals surface area contributed by atoms with Crippen LogP contribution in [-0.4, -0.2) is 24.0 Å². The molecule has 0 saturated heterocycles. The van der Waals surface area contributed by atoms with Gasteiger partial charge in [-0.1, -0.05) is 38.1 Å². The van der Waals surface area contributed by atoms with Crippen molar-refractivity contribution < 1.29 is 4.74 Å². The second-order valence-electron chi connectivity index (χ2n) is 3.11. The molecule has 0 bridgehead atoms. The molecule has 0 aromatic heterocycles. The van der Waals surface area contributed by atoms with Crippen LogP contribution in [0.5, 0.6) is 0 Å². The van der Waals surface area contributed by atoms with Gasteiger partial charge in [0, 0.05) is 24.0 Å². The summed E-state index contributed by atoms with van der Waals surface area (Å²) in [6.45, 7) is 0.945. The Morgan fingerprint density at radius 2 is 1.45 bits per heavy atom. The minimum atomic E-state index is 0.945. The standard InChI is InChI=1S/C9H22OSi/c1-10-8-6-4-2-3-5-7-9-11/h2-9H2,1,11H3. The van der Waals surface area contributed by atoms with Gasteiger partial charge in [-0.3, -0.25) is 0 Å². The maximum absolute atomic E-state index is 4.98. The van der Waals surface area contributed by atoms with Crippen LogP contribution in [0.15, 0.2) is 0 Å². The van der Waals surface area contributed by atoms with Gasteiger partial charge >= 0.3 is 0 Å². The second kappa shape index (κ2) is 10.2. The Hall–Kier alpha value is 0.177. The zero-order chi connectivity index (χ0) is 8.36. The van der Waals surface area contributed by atoms with Gasteiger partial charge in [-0.15, -0.1) is 0 Å². The monoisotopic (exact) mass is 174 g/mol. The molecule has 1 nitrogen and oxygen atoms in total. The zero-order valence-electron chi connectivity index (χ0n) is 8.07. The number of hydrogen-bond donors (Lipinski definition) is 0. The van der Waals surface area contributed by atoms with Gasteiger partial charge in [0.25, 0.3) is 0 Å². The van der Waals surface area contributed by atoms with Gasteiger partial charge in [-0.2, -0.15) is 0 Å². The summed E-state index contributed by atoms with van der Waals surface area (Å²) in [4.78, 5) is 0. The van der Waals surface area contributed by atoms with Gasteiger partial charge in [0.2, 0.25) is 0 Å². The highest BCUT2D eigenvalue weighted by atomic mass is 28.1. The van der Waals surface area contributed by atoms with Crippen molar-refractivity contribution in [1.29, 1.82) is 0 Å². The fourth-order valence-corrected chi connectivity index (χ4v) is 1.70. The predicted octanol–water partition coefficient (Wildman–Crippen LogP) is 1.76. The van der Waals surface area contributed by atoms with Gasteiger partial charge in [-0.25, -0.2) is 0 Å². The molecular weight excluding hydrogens is 152 g/mol. The molecule has 0 aliphatic heterocycles. The zero-order valence-corrected chi connectivity index (χ0v) is 10.1. The van der Waals surface area contributed by atoms with Crippen LogP contribution in [0.25, 0.3) is 0 Å². The third kappa shape index (κ3) is 10.2. The van der Waals surface area contributed by atoms with Gasteiger partial charge in [0.1, 0.15) is 0 Å². The van der Waals surface area contributed by atoms with Crippen molar-refractivity contribution in [3.63, 3.8) is 0 Å². The first-order valence-corrected chi connectivity index (χ1v) is 6.32. The van der Waals surface area contributed by atoms with Crippen molar-refractivity contribution in [3.05, 3.63) is 0 Å². The molecule has 11 heavy (non-hydrogen) atoms. The van der Waals surface area contributed by atoms with Crippen LogP contribution in [-0.2, 0) is 4.74 Å². The van der Waals surface area contributed by atoms with Crippen molar-refractivity contribution in [2.45, 2.75) is 44.6 Å². The Balaban J connectivity index is 2.69. The summed E-state index contributed by atoms with van der Waals surface area (Å²) in [5.74, 6) is 0. The van der Waals surface area contributed by atoms with Crippen LogP contribution >= 0.6 is 0 Å². The normalized spacial score (nSPS) is 10.6. The maximum Gasteiger partial charge on any atom is 0.0462 e. The number of unbranched alkanes of at least 4 members (excludes halogenated alkanes) is 5. The lowest BCUT2D eigenvalue weighted by molar-refractivity contribution is 0.192. The topological polar surface area (TPSA) is 9.23 Å². The summed E-state index contributed by atoms with van der Waals surface area (Å²) in [5.41, 5.74) is 0. The molecule has 0 atom stereocenters. The van der Waals surface area contributed by atoms with Crippen LogP contribution in [0.4, 0.5) is 0 Å². The van der Waals surface area contributed by atoms with Crippen LogP contribution in [0.1, 0.15) is 38.5 Å². The highest BCUT2D eigenvalue weighted by Gasteiger charge is 1.89. The molecule has 0 spiro atoms. The molecular formula is C9H22OSi. The average Bonchev–Trinajstić information content (AvgIpc) is 2.03. The molecule has 0 aromatic carbocycles. The van der Waals surface area contributed by atoms with Crippen molar-refractivity contribution in [1.82, 2.24) is 0 Å². The third-order valence-electron chi connectivity index (χ3n) is 1.95. The SMILES string of the molecule is COCCCCCCCC[SiH3]. The Morgan fingerprint density at radius 1 is 0.909 bits per heavy atom. The lowest BCUT2D eigenvalue weighted by atomic mass is 10.1. The van der Waals surface area contributed by atoms with Gasteiger partial charge in [0.15, 0.2) is 0 Å². The lowest BCUT2D eigenvalue weighted by Crippen LogP contribution is -1.88. The number of methoxy groups -OCH3 is 1. The summed E-state index contributed by atoms with van der Waals surface area (Å²) in [7, 11) is 3.17. The van der Waals surface area contributed by atoms with Crippen LogP contribution in [0.2, 0.25) is 6.04 Å². The largest absolute Gasteiger partial charge is 0.385 e. The molecule has 0 aliphatic rings. The summed E-state index contributed by atoms with van der Waals surface area (Å²) < 4.78 is 4.98. The van der Waals surface area contributed by atoms with Crippen LogP contribution in [0.3, 0.4) is 0 Å². The Bertz CT molecular complexity index is 58.6. The van der Waals surface area contributed by atoms with Crippen molar-refractivity contribution in [2.75, 3.05) is 13.7 Å². The van der Waals surface area contributed by atoms with E-state index in [1.54, 1.807) is 7.11 Å². The highest BCUT2D eigenvalue weighted by molar-refractivity contribution is 6.08. The quantitative estimate of drug-likeness (QED) is 0.402. The first-order valence-electron chi connectivity index (χ1n) is 4.90. The van der Waals surface area contributed by atoms with Crippen molar-refractivity contribution in [3.8, 4) is 0 Å². The fourth-order valence-electron chi connectivity index (χ4n) is 1.20. The minimum absolute atomic E-state index is 0.945. The summed E-state index contributed by atoms with van der Waals surface area (Å²) in [6, 6.07) is 1.48. The first-order chi connectivity index (χ1) is 5.41. The number of ether oxygens (including phenoxy) is 1. The summed E-state index contributed by atoms with van der Waals surface area (Å²) >= 11 is 0. The Labute approximate surface area is 73.9 Å². The molecule has 0 amide bonds. The fraction of sp³-hybridized carbons (Fsp3) is 1.00. The van der Waals surface area contributed by atoms with Crippen molar-refractivity contribution >= 4 is 10.2 Å². The molecule has 0 saturated carbocycles. The lowest BCUT2D eigenvalue weighted by Gasteiger charge is -1.99. The van der Waals surface area contributed by atoms with Crippen LogP contribution < -0.4 is 0 Å². The van der Waals surface area contributed by atoms with Gasteiger partial charge in [0.05, 0.1) is 0 Å². The van der Waals surface area contributed by atoms with E-state index < -0.39 is 0 Å². The third-order valence-corrected chi connectivity index (χ3v) is 2.66. The molecule has 0 N–H and O–H groups in total. The van der Waals surface area contributed by atoms with E-state index in [-0.39, 0.29) is 0 Å². The van der Waals surface area contributed by atoms with E-state index in [0.717, 1.165) is 6.61 Å². The number of rotatable bonds is 8. The molecule has 0 rings (SSSR count). The predicted molar refractivity (Wildman–Crippen MR) is 54.3 cm³/mol. The second-order valence-corrected chi connectivity index (χ2v) is 4.11. The van der Waals surface area contributed by atoms with E-state index >= 15 is 0 Å². The van der Waals surface area contributed by atoms with Gasteiger partial charge < -0.3 is 4.74 Å². The van der Waals surface area contributed by atoms with Gasteiger partial charge in [-0.05, 0) is 6.42 Å². The van der Waals surface area contributed by atoms with E-state index in [2.05, 4.69) is 0 Å². The first kappa shape index (κ1) is 11.2. The number of hydrogen-bond acceptors (Lipinski definition) is 1. The van der Waals surface area contributed by atoms with Crippen molar-refractivity contribution in [2.24, 2.45) is 0 Å². The van der Waals surface area contributed by atoms with E-state index in [0.29, 0.717) is 0 Å². The van der Waals surface area contributed by atoms with E-state index in [1.807, 2.05) is 0 Å². The Kier molecular flexibility index (Phi) is 10.3. The maximum atomic E-state index is 4.98.